The first-order valence-corrected chi connectivity index (χ1v) is 9.88. The van der Waals surface area contributed by atoms with E-state index in [0.29, 0.717) is 17.2 Å². The molecule has 2 aromatic carbocycles. The highest BCUT2D eigenvalue weighted by Gasteiger charge is 2.15. The second kappa shape index (κ2) is 9.34. The number of hydrogen-bond acceptors (Lipinski definition) is 4. The monoisotopic (exact) mass is 393 g/mol. The van der Waals surface area contributed by atoms with Crippen LogP contribution in [-0.4, -0.2) is 45.9 Å². The van der Waals surface area contributed by atoms with Gasteiger partial charge in [-0.1, -0.05) is 32.0 Å². The van der Waals surface area contributed by atoms with Gasteiger partial charge in [-0.15, -0.1) is 0 Å². The SMILES string of the molecule is CCN(CC)CCn1c(NC(=O)c2cccc(NC(C)=O)c2)nc2ccccc21. The molecule has 0 aliphatic heterocycles. The van der Waals surface area contributed by atoms with Crippen LogP contribution in [0.4, 0.5) is 11.6 Å². The normalized spacial score (nSPS) is 11.0. The van der Waals surface area contributed by atoms with Gasteiger partial charge in [0.15, 0.2) is 0 Å². The van der Waals surface area contributed by atoms with Gasteiger partial charge in [-0.3, -0.25) is 14.9 Å². The molecule has 0 spiro atoms. The Morgan fingerprint density at radius 3 is 2.52 bits per heavy atom. The molecular formula is C22H27N5O2. The molecule has 3 aromatic rings. The molecule has 0 saturated heterocycles. The molecule has 2 N–H and O–H groups in total. The Bertz CT molecular complexity index is 1010. The van der Waals surface area contributed by atoms with Crippen LogP contribution in [0.1, 0.15) is 31.1 Å². The Morgan fingerprint density at radius 1 is 1.03 bits per heavy atom. The van der Waals surface area contributed by atoms with Gasteiger partial charge in [0.05, 0.1) is 11.0 Å². The fourth-order valence-electron chi connectivity index (χ4n) is 3.29. The number of aromatic nitrogens is 2. The molecule has 0 radical (unpaired) electrons. The minimum atomic E-state index is -0.267. The number of hydrogen-bond donors (Lipinski definition) is 2. The summed E-state index contributed by atoms with van der Waals surface area (Å²) in [6, 6.07) is 14.7. The first-order valence-electron chi connectivity index (χ1n) is 9.88. The molecule has 0 bridgehead atoms. The molecule has 0 unspecified atom stereocenters. The highest BCUT2D eigenvalue weighted by Crippen LogP contribution is 2.21. The average Bonchev–Trinajstić information content (AvgIpc) is 3.05. The Hall–Kier alpha value is -3.19. The predicted molar refractivity (Wildman–Crippen MR) is 116 cm³/mol. The van der Waals surface area contributed by atoms with E-state index in [4.69, 9.17) is 0 Å². The topological polar surface area (TPSA) is 79.3 Å². The maximum Gasteiger partial charge on any atom is 0.258 e. The number of carbonyl (C=O) groups excluding carboxylic acids is 2. The van der Waals surface area contributed by atoms with E-state index in [1.807, 2.05) is 28.8 Å². The summed E-state index contributed by atoms with van der Waals surface area (Å²) in [5.41, 5.74) is 2.87. The first kappa shape index (κ1) is 20.5. The van der Waals surface area contributed by atoms with Crippen LogP contribution in [0.25, 0.3) is 11.0 Å². The number of imidazole rings is 1. The lowest BCUT2D eigenvalue weighted by atomic mass is 10.2. The molecule has 0 fully saturated rings. The number of nitrogens with zero attached hydrogens (tertiary/aromatic N) is 3. The van der Waals surface area contributed by atoms with E-state index >= 15 is 0 Å². The molecule has 7 heteroatoms. The van der Waals surface area contributed by atoms with Gasteiger partial charge in [0.25, 0.3) is 5.91 Å². The highest BCUT2D eigenvalue weighted by molar-refractivity contribution is 6.05. The largest absolute Gasteiger partial charge is 0.326 e. The number of fused-ring (bicyclic) bond motifs is 1. The summed E-state index contributed by atoms with van der Waals surface area (Å²) in [6.45, 7) is 9.26. The standard InChI is InChI=1S/C22H27N5O2/c1-4-26(5-2)13-14-27-20-12-7-6-11-19(20)24-22(27)25-21(29)17-9-8-10-18(15-17)23-16(3)28/h6-12,15H,4-5,13-14H2,1-3H3,(H,23,28)(H,24,25,29). The number of carbonyl (C=O) groups is 2. The van der Waals surface area contributed by atoms with Crippen LogP contribution in [0.3, 0.4) is 0 Å². The summed E-state index contributed by atoms with van der Waals surface area (Å²) in [7, 11) is 0. The zero-order valence-electron chi connectivity index (χ0n) is 17.1. The van der Waals surface area contributed by atoms with Crippen LogP contribution >= 0.6 is 0 Å². The molecular weight excluding hydrogens is 366 g/mol. The third-order valence-electron chi connectivity index (χ3n) is 4.86. The van der Waals surface area contributed by atoms with E-state index in [0.717, 1.165) is 37.2 Å². The molecule has 3 rings (SSSR count). The third kappa shape index (κ3) is 5.00. The van der Waals surface area contributed by atoms with Crippen molar-refractivity contribution in [1.29, 1.82) is 0 Å². The van der Waals surface area contributed by atoms with E-state index in [2.05, 4.69) is 34.4 Å². The second-order valence-electron chi connectivity index (χ2n) is 6.82. The average molecular weight is 393 g/mol. The second-order valence-corrected chi connectivity index (χ2v) is 6.82. The summed E-state index contributed by atoms with van der Waals surface area (Å²) in [5.74, 6) is 0.0747. The fourth-order valence-corrected chi connectivity index (χ4v) is 3.29. The lowest BCUT2D eigenvalue weighted by molar-refractivity contribution is -0.114. The number of amides is 2. The molecule has 0 aliphatic rings. The number of likely N-dealkylation sites (N-methyl/N-ethyl adjacent to an activating group) is 1. The van der Waals surface area contributed by atoms with Crippen molar-refractivity contribution in [2.45, 2.75) is 27.3 Å². The van der Waals surface area contributed by atoms with Crippen molar-refractivity contribution in [3.8, 4) is 0 Å². The Labute approximate surface area is 170 Å². The number of para-hydroxylation sites is 2. The molecule has 0 atom stereocenters. The van der Waals surface area contributed by atoms with Gasteiger partial charge in [0.2, 0.25) is 11.9 Å². The van der Waals surface area contributed by atoms with Gasteiger partial charge in [-0.25, -0.2) is 4.98 Å². The van der Waals surface area contributed by atoms with Crippen LogP contribution in [-0.2, 0) is 11.3 Å². The van der Waals surface area contributed by atoms with Gasteiger partial charge < -0.3 is 14.8 Å². The number of nitrogens with one attached hydrogen (secondary N) is 2. The van der Waals surface area contributed by atoms with Crippen molar-refractivity contribution < 1.29 is 9.59 Å². The van der Waals surface area contributed by atoms with Crippen molar-refractivity contribution in [2.75, 3.05) is 30.3 Å². The Morgan fingerprint density at radius 2 is 1.79 bits per heavy atom. The van der Waals surface area contributed by atoms with E-state index in [9.17, 15) is 9.59 Å². The molecule has 152 valence electrons. The van der Waals surface area contributed by atoms with Crippen molar-refractivity contribution in [1.82, 2.24) is 14.5 Å². The number of benzene rings is 2. The summed E-state index contributed by atoms with van der Waals surface area (Å²) < 4.78 is 2.04. The maximum atomic E-state index is 12.8. The van der Waals surface area contributed by atoms with Gasteiger partial charge in [0.1, 0.15) is 0 Å². The van der Waals surface area contributed by atoms with Crippen LogP contribution in [0.2, 0.25) is 0 Å². The maximum absolute atomic E-state index is 12.8. The minimum absolute atomic E-state index is 0.180. The van der Waals surface area contributed by atoms with Crippen molar-refractivity contribution in [3.63, 3.8) is 0 Å². The van der Waals surface area contributed by atoms with Crippen LogP contribution in [0.15, 0.2) is 48.5 Å². The summed E-state index contributed by atoms with van der Waals surface area (Å²) >= 11 is 0. The van der Waals surface area contributed by atoms with Crippen molar-refractivity contribution in [2.24, 2.45) is 0 Å². The number of rotatable bonds is 8. The lowest BCUT2D eigenvalue weighted by Gasteiger charge is -2.19. The molecule has 29 heavy (non-hydrogen) atoms. The van der Waals surface area contributed by atoms with Crippen LogP contribution in [0.5, 0.6) is 0 Å². The molecule has 1 heterocycles. The fraction of sp³-hybridized carbons (Fsp3) is 0.318. The predicted octanol–water partition coefficient (Wildman–Crippen LogP) is 3.59. The van der Waals surface area contributed by atoms with Crippen molar-refractivity contribution >= 4 is 34.5 Å². The van der Waals surface area contributed by atoms with E-state index < -0.39 is 0 Å². The Kier molecular flexibility index (Phi) is 6.61. The molecule has 2 amide bonds. The van der Waals surface area contributed by atoms with Crippen LogP contribution in [0, 0.1) is 0 Å². The van der Waals surface area contributed by atoms with Crippen LogP contribution < -0.4 is 10.6 Å². The van der Waals surface area contributed by atoms with Crippen molar-refractivity contribution in [3.05, 3.63) is 54.1 Å². The zero-order chi connectivity index (χ0) is 20.8. The summed E-state index contributed by atoms with van der Waals surface area (Å²) in [5, 5.41) is 5.64. The Balaban J connectivity index is 1.86. The minimum Gasteiger partial charge on any atom is -0.326 e. The molecule has 7 nitrogen and oxygen atoms in total. The lowest BCUT2D eigenvalue weighted by Crippen LogP contribution is -2.27. The smallest absolute Gasteiger partial charge is 0.258 e. The van der Waals surface area contributed by atoms with E-state index in [1.54, 1.807) is 24.3 Å². The zero-order valence-corrected chi connectivity index (χ0v) is 17.1. The van der Waals surface area contributed by atoms with E-state index in [1.165, 1.54) is 6.92 Å². The third-order valence-corrected chi connectivity index (χ3v) is 4.86. The molecule has 0 aliphatic carbocycles. The van der Waals surface area contributed by atoms with Gasteiger partial charge in [0, 0.05) is 31.3 Å². The number of anilines is 2. The highest BCUT2D eigenvalue weighted by atomic mass is 16.2. The quantitative estimate of drug-likeness (QED) is 0.613. The molecule has 0 saturated carbocycles. The van der Waals surface area contributed by atoms with Gasteiger partial charge >= 0.3 is 0 Å². The van der Waals surface area contributed by atoms with Gasteiger partial charge in [-0.05, 0) is 43.4 Å². The molecule has 1 aromatic heterocycles. The summed E-state index contributed by atoms with van der Waals surface area (Å²) in [6.07, 6.45) is 0. The first-order chi connectivity index (χ1) is 14.0. The summed E-state index contributed by atoms with van der Waals surface area (Å²) in [4.78, 5) is 31.1. The van der Waals surface area contributed by atoms with Gasteiger partial charge in [-0.2, -0.15) is 0 Å². The van der Waals surface area contributed by atoms with E-state index in [-0.39, 0.29) is 11.8 Å².